The van der Waals surface area contributed by atoms with E-state index in [4.69, 9.17) is 19.0 Å². The van der Waals surface area contributed by atoms with E-state index in [0.29, 0.717) is 24.7 Å². The van der Waals surface area contributed by atoms with E-state index >= 15 is 0 Å². The Hall–Kier alpha value is -4.35. The molecule has 5 rings (SSSR count). The number of benzene rings is 2. The van der Waals surface area contributed by atoms with Gasteiger partial charge in [-0.05, 0) is 38.8 Å². The summed E-state index contributed by atoms with van der Waals surface area (Å²) in [4.78, 5) is 17.2. The number of aryl methyl sites for hydroxylation is 2. The number of carbonyl (C=O) groups excluding carboxylic acids is 1. The normalized spacial score (nSPS) is 14.3. The molecule has 2 aromatic heterocycles. The third-order valence-corrected chi connectivity index (χ3v) is 6.56. The van der Waals surface area contributed by atoms with Gasteiger partial charge in [0, 0.05) is 30.2 Å². The first-order valence-electron chi connectivity index (χ1n) is 12.8. The number of methoxy groups -OCH3 is 1. The van der Waals surface area contributed by atoms with Crippen LogP contribution < -0.4 is 10.9 Å². The molecule has 0 saturated heterocycles. The molecule has 2 aromatic carbocycles. The van der Waals surface area contributed by atoms with Crippen molar-refractivity contribution in [2.75, 3.05) is 20.3 Å². The maximum Gasteiger partial charge on any atom is 0.421 e. The number of amides is 1. The van der Waals surface area contributed by atoms with Gasteiger partial charge in [-0.25, -0.2) is 10.2 Å². The standard InChI is InChI=1S/C28H31N7O4/c1-5-38-28(36)33-31-26-27-32-30-24(16-22-17(2)34-39-18(22)3)35(27)23-15-19(13-14-37-4)11-12-21(23)25(29-26)20-9-7-6-8-10-20/h6-12,15,26,31H,5,13-14,16H2,1-4H3,(H,33,36). The molecule has 0 spiro atoms. The van der Waals surface area contributed by atoms with Gasteiger partial charge in [0.1, 0.15) is 11.6 Å². The zero-order valence-electron chi connectivity index (χ0n) is 22.4. The van der Waals surface area contributed by atoms with Gasteiger partial charge in [-0.1, -0.05) is 47.6 Å². The Kier molecular flexibility index (Phi) is 7.80. The second-order valence-corrected chi connectivity index (χ2v) is 9.12. The molecule has 4 aromatic rings. The molecule has 3 heterocycles. The van der Waals surface area contributed by atoms with Crippen molar-refractivity contribution in [3.05, 3.63) is 93.9 Å². The van der Waals surface area contributed by atoms with E-state index in [0.717, 1.165) is 51.5 Å². The summed E-state index contributed by atoms with van der Waals surface area (Å²) < 4.78 is 17.8. The van der Waals surface area contributed by atoms with Crippen LogP contribution in [0.3, 0.4) is 0 Å². The molecule has 1 unspecified atom stereocenters. The zero-order valence-corrected chi connectivity index (χ0v) is 22.4. The van der Waals surface area contributed by atoms with Gasteiger partial charge in [0.2, 0.25) is 0 Å². The summed E-state index contributed by atoms with van der Waals surface area (Å²) in [5.41, 5.74) is 11.9. The Labute approximate surface area is 226 Å². The van der Waals surface area contributed by atoms with E-state index in [1.54, 1.807) is 14.0 Å². The van der Waals surface area contributed by atoms with Crippen LogP contribution in [0.2, 0.25) is 0 Å². The maximum atomic E-state index is 12.2. The van der Waals surface area contributed by atoms with E-state index in [-0.39, 0.29) is 6.61 Å². The molecule has 0 radical (unpaired) electrons. The number of hydrogen-bond donors (Lipinski definition) is 2. The van der Waals surface area contributed by atoms with E-state index in [1.807, 2.05) is 48.7 Å². The second-order valence-electron chi connectivity index (χ2n) is 9.12. The highest BCUT2D eigenvalue weighted by atomic mass is 16.5. The smallest absolute Gasteiger partial charge is 0.421 e. The minimum Gasteiger partial charge on any atom is -0.449 e. The highest BCUT2D eigenvalue weighted by Crippen LogP contribution is 2.32. The zero-order chi connectivity index (χ0) is 27.4. The summed E-state index contributed by atoms with van der Waals surface area (Å²) in [6.07, 6.45) is -0.177. The molecule has 202 valence electrons. The molecule has 11 nitrogen and oxygen atoms in total. The van der Waals surface area contributed by atoms with Crippen molar-refractivity contribution >= 4 is 11.8 Å². The van der Waals surface area contributed by atoms with Gasteiger partial charge in [-0.2, -0.15) is 0 Å². The number of nitrogens with zero attached hydrogens (tertiary/aromatic N) is 5. The Bertz CT molecular complexity index is 1470. The SMILES string of the molecule is CCOC(=O)NNC1N=C(c2ccccc2)c2ccc(CCOC)cc2-n2c(Cc3c(C)noc3C)nnc21. The number of nitrogens with one attached hydrogen (secondary N) is 2. The number of hydrogen-bond acceptors (Lipinski definition) is 9. The number of ether oxygens (including phenoxy) is 2. The minimum atomic E-state index is -0.759. The summed E-state index contributed by atoms with van der Waals surface area (Å²) in [6.45, 7) is 6.37. The number of carbonyl (C=O) groups is 1. The number of aromatic nitrogens is 4. The van der Waals surface area contributed by atoms with E-state index in [1.165, 1.54) is 0 Å². The van der Waals surface area contributed by atoms with Crippen LogP contribution in [0.25, 0.3) is 5.69 Å². The van der Waals surface area contributed by atoms with Crippen molar-refractivity contribution < 1.29 is 18.8 Å². The first-order valence-corrected chi connectivity index (χ1v) is 12.8. The fraction of sp³-hybridized carbons (Fsp3) is 0.321. The summed E-state index contributed by atoms with van der Waals surface area (Å²) in [7, 11) is 1.69. The molecule has 1 amide bonds. The van der Waals surface area contributed by atoms with Crippen molar-refractivity contribution in [1.82, 2.24) is 30.8 Å². The predicted octanol–water partition coefficient (Wildman–Crippen LogP) is 3.75. The van der Waals surface area contributed by atoms with Crippen LogP contribution in [-0.2, 0) is 22.3 Å². The van der Waals surface area contributed by atoms with Crippen molar-refractivity contribution in [3.8, 4) is 5.69 Å². The highest BCUT2D eigenvalue weighted by molar-refractivity contribution is 6.15. The molecule has 39 heavy (non-hydrogen) atoms. The van der Waals surface area contributed by atoms with Gasteiger partial charge in [0.15, 0.2) is 12.0 Å². The first kappa shape index (κ1) is 26.3. The number of aliphatic imine (C=N–C) groups is 1. The Morgan fingerprint density at radius 2 is 1.95 bits per heavy atom. The Balaban J connectivity index is 1.69. The van der Waals surface area contributed by atoms with E-state index in [9.17, 15) is 4.79 Å². The van der Waals surface area contributed by atoms with Crippen LogP contribution in [-0.4, -0.2) is 52.0 Å². The predicted molar refractivity (Wildman–Crippen MR) is 144 cm³/mol. The second kappa shape index (κ2) is 11.6. The van der Waals surface area contributed by atoms with Crippen LogP contribution in [0.5, 0.6) is 0 Å². The van der Waals surface area contributed by atoms with Crippen molar-refractivity contribution in [2.24, 2.45) is 4.99 Å². The third-order valence-electron chi connectivity index (χ3n) is 6.56. The lowest BCUT2D eigenvalue weighted by atomic mass is 9.98. The fourth-order valence-corrected chi connectivity index (χ4v) is 4.61. The summed E-state index contributed by atoms with van der Waals surface area (Å²) >= 11 is 0. The summed E-state index contributed by atoms with van der Waals surface area (Å²) in [5, 5.41) is 13.2. The number of fused-ring (bicyclic) bond motifs is 3. The maximum absolute atomic E-state index is 12.2. The molecular formula is C28H31N7O4. The molecule has 1 aliphatic heterocycles. The van der Waals surface area contributed by atoms with Crippen molar-refractivity contribution in [2.45, 2.75) is 39.8 Å². The van der Waals surface area contributed by atoms with Crippen LogP contribution in [0.1, 0.15) is 58.4 Å². The van der Waals surface area contributed by atoms with Crippen LogP contribution >= 0.6 is 0 Å². The molecule has 11 heteroatoms. The number of hydrazine groups is 1. The quantitative estimate of drug-likeness (QED) is 0.314. The topological polar surface area (TPSA) is 129 Å². The Morgan fingerprint density at radius 1 is 1.13 bits per heavy atom. The molecular weight excluding hydrogens is 498 g/mol. The lowest BCUT2D eigenvalue weighted by Gasteiger charge is -2.16. The first-order chi connectivity index (χ1) is 19.0. The van der Waals surface area contributed by atoms with Gasteiger partial charge < -0.3 is 14.0 Å². The van der Waals surface area contributed by atoms with Gasteiger partial charge in [0.05, 0.1) is 30.3 Å². The molecule has 2 N–H and O–H groups in total. The van der Waals surface area contributed by atoms with Gasteiger partial charge in [-0.15, -0.1) is 10.2 Å². The minimum absolute atomic E-state index is 0.240. The molecule has 0 aliphatic carbocycles. The Morgan fingerprint density at radius 3 is 2.67 bits per heavy atom. The van der Waals surface area contributed by atoms with Gasteiger partial charge in [-0.3, -0.25) is 15.0 Å². The summed E-state index contributed by atoms with van der Waals surface area (Å²) in [6, 6.07) is 16.2. The van der Waals surface area contributed by atoms with E-state index in [2.05, 4.69) is 44.4 Å². The van der Waals surface area contributed by atoms with E-state index < -0.39 is 12.3 Å². The molecule has 1 atom stereocenters. The van der Waals surface area contributed by atoms with Crippen molar-refractivity contribution in [1.29, 1.82) is 0 Å². The molecule has 0 saturated carbocycles. The van der Waals surface area contributed by atoms with Crippen LogP contribution in [0, 0.1) is 13.8 Å². The van der Waals surface area contributed by atoms with Crippen molar-refractivity contribution in [3.63, 3.8) is 0 Å². The molecule has 0 fully saturated rings. The van der Waals surface area contributed by atoms with Crippen LogP contribution in [0.15, 0.2) is 58.0 Å². The fourth-order valence-electron chi connectivity index (χ4n) is 4.61. The third kappa shape index (κ3) is 5.45. The summed E-state index contributed by atoms with van der Waals surface area (Å²) in [5.74, 6) is 1.94. The lowest BCUT2D eigenvalue weighted by Crippen LogP contribution is -2.40. The van der Waals surface area contributed by atoms with Gasteiger partial charge in [0.25, 0.3) is 0 Å². The number of rotatable bonds is 9. The average Bonchev–Trinajstić information content (AvgIpc) is 3.47. The average molecular weight is 530 g/mol. The molecule has 1 aliphatic rings. The van der Waals surface area contributed by atoms with Crippen LogP contribution in [0.4, 0.5) is 4.79 Å². The largest absolute Gasteiger partial charge is 0.449 e. The monoisotopic (exact) mass is 529 g/mol. The van der Waals surface area contributed by atoms with Gasteiger partial charge >= 0.3 is 6.09 Å². The highest BCUT2D eigenvalue weighted by Gasteiger charge is 2.30. The lowest BCUT2D eigenvalue weighted by molar-refractivity contribution is 0.145. The molecule has 0 bridgehead atoms.